The summed E-state index contributed by atoms with van der Waals surface area (Å²) in [6.07, 6.45) is 0.682. The molecule has 0 amide bonds. The highest BCUT2D eigenvalue weighted by Gasteiger charge is 2.14. The second-order valence-electron chi connectivity index (χ2n) is 5.05. The zero-order valence-corrected chi connectivity index (χ0v) is 12.6. The fourth-order valence-corrected chi connectivity index (χ4v) is 2.76. The number of fused-ring (bicyclic) bond motifs is 1. The molecule has 0 unspecified atom stereocenters. The Bertz CT molecular complexity index is 826. The Morgan fingerprint density at radius 1 is 1.14 bits per heavy atom. The Labute approximate surface area is 133 Å². The molecule has 4 nitrogen and oxygen atoms in total. The van der Waals surface area contributed by atoms with Gasteiger partial charge in [0, 0.05) is 18.5 Å². The van der Waals surface area contributed by atoms with Gasteiger partial charge in [-0.25, -0.2) is 4.98 Å². The van der Waals surface area contributed by atoms with Crippen molar-refractivity contribution in [3.63, 3.8) is 0 Å². The van der Waals surface area contributed by atoms with Gasteiger partial charge in [0.15, 0.2) is 0 Å². The van der Waals surface area contributed by atoms with Crippen LogP contribution in [0.4, 0.5) is 0 Å². The van der Waals surface area contributed by atoms with Crippen LogP contribution in [0, 0.1) is 0 Å². The highest BCUT2D eigenvalue weighted by molar-refractivity contribution is 6.33. The number of rotatable bonds is 5. The fourth-order valence-electron chi connectivity index (χ4n) is 2.54. The quantitative estimate of drug-likeness (QED) is 0.767. The first kappa shape index (κ1) is 14.6. The van der Waals surface area contributed by atoms with Crippen LogP contribution in [-0.4, -0.2) is 20.6 Å². The minimum Gasteiger partial charge on any atom is -0.481 e. The topological polar surface area (TPSA) is 55.1 Å². The zero-order valence-electron chi connectivity index (χ0n) is 11.9. The summed E-state index contributed by atoms with van der Waals surface area (Å²) in [6.45, 7) is 0.591. The number of carbonyl (C=O) groups is 1. The third-order valence-electron chi connectivity index (χ3n) is 3.54. The predicted molar refractivity (Wildman–Crippen MR) is 87.0 cm³/mol. The lowest BCUT2D eigenvalue weighted by Crippen LogP contribution is -2.04. The molecule has 0 spiro atoms. The van der Waals surface area contributed by atoms with Gasteiger partial charge in [-0.3, -0.25) is 4.79 Å². The summed E-state index contributed by atoms with van der Waals surface area (Å²) in [7, 11) is 0. The number of nitrogens with zero attached hydrogens (tertiary/aromatic N) is 2. The molecule has 0 aliphatic carbocycles. The second kappa shape index (κ2) is 6.20. The smallest absolute Gasteiger partial charge is 0.303 e. The van der Waals surface area contributed by atoms with Crippen LogP contribution in [0.25, 0.3) is 22.4 Å². The van der Waals surface area contributed by atoms with E-state index in [9.17, 15) is 4.79 Å². The van der Waals surface area contributed by atoms with Crippen molar-refractivity contribution >= 4 is 28.6 Å². The molecule has 112 valence electrons. The highest BCUT2D eigenvalue weighted by atomic mass is 35.5. The normalized spacial score (nSPS) is 11.0. The molecule has 1 aromatic heterocycles. The van der Waals surface area contributed by atoms with E-state index in [1.165, 1.54) is 0 Å². The van der Waals surface area contributed by atoms with Crippen molar-refractivity contribution in [2.24, 2.45) is 0 Å². The Hall–Kier alpha value is -2.33. The standard InChI is InChI=1S/C17H15ClN2O2/c18-13-7-2-1-6-12(13)17-19-14-8-3-4-9-15(14)20(17)11-5-10-16(21)22/h1-4,6-9H,5,10-11H2,(H,21,22). The monoisotopic (exact) mass is 314 g/mol. The largest absolute Gasteiger partial charge is 0.481 e. The van der Waals surface area contributed by atoms with E-state index in [-0.39, 0.29) is 6.42 Å². The van der Waals surface area contributed by atoms with Crippen LogP contribution < -0.4 is 0 Å². The number of benzene rings is 2. The molecule has 1 heterocycles. The van der Waals surface area contributed by atoms with Crippen LogP contribution in [0.1, 0.15) is 12.8 Å². The molecule has 0 saturated carbocycles. The zero-order chi connectivity index (χ0) is 15.5. The Kier molecular flexibility index (Phi) is 4.11. The first-order valence-corrected chi connectivity index (χ1v) is 7.46. The van der Waals surface area contributed by atoms with Gasteiger partial charge in [0.2, 0.25) is 0 Å². The number of imidazole rings is 1. The van der Waals surface area contributed by atoms with E-state index in [2.05, 4.69) is 4.98 Å². The lowest BCUT2D eigenvalue weighted by Gasteiger charge is -2.09. The molecule has 3 aromatic rings. The molecule has 0 atom stereocenters. The van der Waals surface area contributed by atoms with Gasteiger partial charge in [-0.05, 0) is 30.7 Å². The van der Waals surface area contributed by atoms with Crippen molar-refractivity contribution < 1.29 is 9.90 Å². The number of hydrogen-bond donors (Lipinski definition) is 1. The van der Waals surface area contributed by atoms with E-state index in [1.807, 2.05) is 53.1 Å². The third-order valence-corrected chi connectivity index (χ3v) is 3.87. The molecule has 2 aromatic carbocycles. The van der Waals surface area contributed by atoms with E-state index in [4.69, 9.17) is 16.7 Å². The van der Waals surface area contributed by atoms with Crippen molar-refractivity contribution in [2.75, 3.05) is 0 Å². The average Bonchev–Trinajstić information content (AvgIpc) is 2.86. The number of aliphatic carboxylic acids is 1. The van der Waals surface area contributed by atoms with Gasteiger partial charge >= 0.3 is 5.97 Å². The summed E-state index contributed by atoms with van der Waals surface area (Å²) in [6, 6.07) is 15.4. The molecule has 0 bridgehead atoms. The molecule has 3 rings (SSSR count). The van der Waals surface area contributed by atoms with Crippen LogP contribution >= 0.6 is 11.6 Å². The molecular weight excluding hydrogens is 300 g/mol. The number of carboxylic acids is 1. The van der Waals surface area contributed by atoms with Crippen molar-refractivity contribution in [3.05, 3.63) is 53.6 Å². The molecule has 0 aliphatic rings. The summed E-state index contributed by atoms with van der Waals surface area (Å²) in [5.74, 6) is -0.0131. The lowest BCUT2D eigenvalue weighted by molar-refractivity contribution is -0.137. The van der Waals surface area contributed by atoms with Crippen molar-refractivity contribution in [2.45, 2.75) is 19.4 Å². The molecule has 0 radical (unpaired) electrons. The van der Waals surface area contributed by atoms with Crippen molar-refractivity contribution in [1.29, 1.82) is 0 Å². The maximum atomic E-state index is 10.8. The summed E-state index contributed by atoms with van der Waals surface area (Å²) in [5.41, 5.74) is 2.73. The Morgan fingerprint density at radius 3 is 2.64 bits per heavy atom. The number of aryl methyl sites for hydroxylation is 1. The van der Waals surface area contributed by atoms with Gasteiger partial charge < -0.3 is 9.67 Å². The lowest BCUT2D eigenvalue weighted by atomic mass is 10.2. The summed E-state index contributed by atoms with van der Waals surface area (Å²) >= 11 is 6.30. The molecule has 0 aliphatic heterocycles. The first-order chi connectivity index (χ1) is 10.7. The van der Waals surface area contributed by atoms with Gasteiger partial charge in [0.25, 0.3) is 0 Å². The van der Waals surface area contributed by atoms with E-state index in [0.29, 0.717) is 18.0 Å². The minimum absolute atomic E-state index is 0.133. The van der Waals surface area contributed by atoms with Gasteiger partial charge in [0.1, 0.15) is 5.82 Å². The van der Waals surface area contributed by atoms with Crippen molar-refractivity contribution in [1.82, 2.24) is 9.55 Å². The maximum absolute atomic E-state index is 10.8. The first-order valence-electron chi connectivity index (χ1n) is 7.09. The molecule has 1 N–H and O–H groups in total. The van der Waals surface area contributed by atoms with E-state index >= 15 is 0 Å². The van der Waals surface area contributed by atoms with Gasteiger partial charge in [-0.2, -0.15) is 0 Å². The number of carboxylic acid groups (broad SMARTS) is 1. The number of aromatic nitrogens is 2. The average molecular weight is 315 g/mol. The Balaban J connectivity index is 2.08. The fraction of sp³-hybridized carbons (Fsp3) is 0.176. The second-order valence-corrected chi connectivity index (χ2v) is 5.46. The van der Waals surface area contributed by atoms with E-state index < -0.39 is 5.97 Å². The minimum atomic E-state index is -0.788. The highest BCUT2D eigenvalue weighted by Crippen LogP contribution is 2.30. The Morgan fingerprint density at radius 2 is 1.86 bits per heavy atom. The van der Waals surface area contributed by atoms with Crippen LogP contribution in [-0.2, 0) is 11.3 Å². The van der Waals surface area contributed by atoms with Crippen LogP contribution in [0.5, 0.6) is 0 Å². The molecule has 22 heavy (non-hydrogen) atoms. The summed E-state index contributed by atoms with van der Waals surface area (Å²) in [4.78, 5) is 15.4. The van der Waals surface area contributed by atoms with Crippen molar-refractivity contribution in [3.8, 4) is 11.4 Å². The van der Waals surface area contributed by atoms with E-state index in [0.717, 1.165) is 22.4 Å². The molecule has 0 fully saturated rings. The van der Waals surface area contributed by atoms with E-state index in [1.54, 1.807) is 0 Å². The maximum Gasteiger partial charge on any atom is 0.303 e. The molecule has 0 saturated heterocycles. The van der Waals surface area contributed by atoms with Crippen LogP contribution in [0.3, 0.4) is 0 Å². The summed E-state index contributed by atoms with van der Waals surface area (Å²) in [5, 5.41) is 9.48. The predicted octanol–water partition coefficient (Wildman–Crippen LogP) is 4.22. The number of hydrogen-bond acceptors (Lipinski definition) is 2. The van der Waals surface area contributed by atoms with Gasteiger partial charge in [-0.1, -0.05) is 35.9 Å². The van der Waals surface area contributed by atoms with Crippen LogP contribution in [0.2, 0.25) is 5.02 Å². The molecule has 5 heteroatoms. The van der Waals surface area contributed by atoms with Gasteiger partial charge in [-0.15, -0.1) is 0 Å². The van der Waals surface area contributed by atoms with Gasteiger partial charge in [0.05, 0.1) is 16.1 Å². The number of para-hydroxylation sites is 2. The number of halogens is 1. The molecular formula is C17H15ClN2O2. The van der Waals surface area contributed by atoms with Crippen LogP contribution in [0.15, 0.2) is 48.5 Å². The SMILES string of the molecule is O=C(O)CCCn1c(-c2ccccc2Cl)nc2ccccc21. The third kappa shape index (κ3) is 2.83. The summed E-state index contributed by atoms with van der Waals surface area (Å²) < 4.78 is 2.04.